The van der Waals surface area contributed by atoms with Crippen LogP contribution in [-0.2, 0) is 38.1 Å². The molecule has 0 fully saturated rings. The number of hydrogen-bond donors (Lipinski definition) is 0. The van der Waals surface area contributed by atoms with Gasteiger partial charge >= 0.3 is 23.9 Å². The summed E-state index contributed by atoms with van der Waals surface area (Å²) in [6.45, 7) is 9.40. The fourth-order valence-corrected chi connectivity index (χ4v) is 4.06. The third-order valence-corrected chi connectivity index (χ3v) is 6.42. The van der Waals surface area contributed by atoms with Gasteiger partial charge in [-0.1, -0.05) is 61.7 Å². The van der Waals surface area contributed by atoms with Crippen molar-refractivity contribution in [1.82, 2.24) is 0 Å². The van der Waals surface area contributed by atoms with E-state index in [9.17, 15) is 19.2 Å². The van der Waals surface area contributed by atoms with Crippen molar-refractivity contribution in [3.05, 3.63) is 97.1 Å². The summed E-state index contributed by atoms with van der Waals surface area (Å²) in [5.41, 5.74) is 0.385. The van der Waals surface area contributed by atoms with Crippen molar-refractivity contribution in [3.63, 3.8) is 0 Å². The fourth-order valence-electron chi connectivity index (χ4n) is 4.06. The number of esters is 4. The summed E-state index contributed by atoms with van der Waals surface area (Å²) in [6.07, 6.45) is 2.33. The van der Waals surface area contributed by atoms with Crippen LogP contribution < -0.4 is 9.47 Å². The lowest BCUT2D eigenvalue weighted by molar-refractivity contribution is -0.172. The Labute approximate surface area is 257 Å². The van der Waals surface area contributed by atoms with E-state index in [0.29, 0.717) is 24.3 Å². The molecule has 0 aliphatic heterocycles. The highest BCUT2D eigenvalue weighted by atomic mass is 16.6. The Bertz CT molecular complexity index is 1320. The topological polar surface area (TPSA) is 124 Å². The van der Waals surface area contributed by atoms with E-state index in [1.165, 1.54) is 13.8 Å². The van der Waals surface area contributed by atoms with Crippen molar-refractivity contribution >= 4 is 23.9 Å². The van der Waals surface area contributed by atoms with Crippen molar-refractivity contribution in [2.24, 2.45) is 11.8 Å². The first-order valence-electron chi connectivity index (χ1n) is 14.2. The molecule has 0 aromatic heterocycles. The summed E-state index contributed by atoms with van der Waals surface area (Å²) >= 11 is 0. The summed E-state index contributed by atoms with van der Waals surface area (Å²) in [6, 6.07) is 17.8. The predicted molar refractivity (Wildman–Crippen MR) is 161 cm³/mol. The average Bonchev–Trinajstić information content (AvgIpc) is 3.03. The SMILES string of the molecule is C=C(C)C(=O)OCC(COc1ccccc1)OC(=O)C1C=CCCC1C(=O)OC(COC(=O)C(=C)C)COc1ccccc1. The summed E-state index contributed by atoms with van der Waals surface area (Å²) < 4.78 is 33.4. The highest BCUT2D eigenvalue weighted by molar-refractivity contribution is 5.87. The normalized spacial score (nSPS) is 16.9. The lowest BCUT2D eigenvalue weighted by atomic mass is 9.84. The fraction of sp³-hybridized carbons (Fsp3) is 0.353. The molecule has 0 heterocycles. The number of rotatable bonds is 16. The van der Waals surface area contributed by atoms with E-state index >= 15 is 0 Å². The molecule has 0 N–H and O–H groups in total. The number of carbonyl (C=O) groups is 4. The van der Waals surface area contributed by atoms with Crippen molar-refractivity contribution < 1.29 is 47.6 Å². The number of para-hydroxylation sites is 2. The van der Waals surface area contributed by atoms with E-state index in [1.807, 2.05) is 12.1 Å². The average molecular weight is 607 g/mol. The second-order valence-corrected chi connectivity index (χ2v) is 10.3. The molecule has 1 aliphatic rings. The van der Waals surface area contributed by atoms with Gasteiger partial charge in [-0.15, -0.1) is 0 Å². The van der Waals surface area contributed by atoms with Crippen molar-refractivity contribution in [1.29, 1.82) is 0 Å². The van der Waals surface area contributed by atoms with Crippen molar-refractivity contribution in [3.8, 4) is 11.5 Å². The minimum atomic E-state index is -0.971. The first-order valence-corrected chi connectivity index (χ1v) is 14.2. The smallest absolute Gasteiger partial charge is 0.333 e. The van der Waals surface area contributed by atoms with Crippen LogP contribution in [-0.4, -0.2) is 62.5 Å². The van der Waals surface area contributed by atoms with E-state index in [1.54, 1.807) is 60.7 Å². The molecule has 0 radical (unpaired) electrons. The number of carbonyl (C=O) groups excluding carboxylic acids is 4. The molecular weight excluding hydrogens is 568 g/mol. The molecule has 4 atom stereocenters. The van der Waals surface area contributed by atoms with Gasteiger partial charge in [0.25, 0.3) is 0 Å². The quantitative estimate of drug-likeness (QED) is 0.114. The maximum atomic E-state index is 13.4. The molecule has 1 aliphatic carbocycles. The maximum absolute atomic E-state index is 13.4. The number of ether oxygens (including phenoxy) is 6. The molecule has 4 unspecified atom stereocenters. The van der Waals surface area contributed by atoms with Crippen LogP contribution in [0.2, 0.25) is 0 Å². The molecule has 0 bridgehead atoms. The lowest BCUT2D eigenvalue weighted by Crippen LogP contribution is -2.40. The summed E-state index contributed by atoms with van der Waals surface area (Å²) in [5.74, 6) is -3.42. The number of benzene rings is 2. The second kappa shape index (κ2) is 17.3. The molecule has 10 nitrogen and oxygen atoms in total. The van der Waals surface area contributed by atoms with Gasteiger partial charge in [-0.05, 0) is 51.0 Å². The maximum Gasteiger partial charge on any atom is 0.333 e. The summed E-state index contributed by atoms with van der Waals surface area (Å²) in [4.78, 5) is 50.8. The van der Waals surface area contributed by atoms with Crippen LogP contribution >= 0.6 is 0 Å². The zero-order valence-corrected chi connectivity index (χ0v) is 25.0. The molecule has 2 aromatic rings. The van der Waals surface area contributed by atoms with Crippen LogP contribution in [0.4, 0.5) is 0 Å². The summed E-state index contributed by atoms with van der Waals surface area (Å²) in [7, 11) is 0. The van der Waals surface area contributed by atoms with Gasteiger partial charge in [-0.25, -0.2) is 9.59 Å². The minimum Gasteiger partial charge on any atom is -0.490 e. The van der Waals surface area contributed by atoms with Crippen LogP contribution in [0.5, 0.6) is 11.5 Å². The first-order chi connectivity index (χ1) is 21.1. The van der Waals surface area contributed by atoms with Gasteiger partial charge in [0.15, 0.2) is 12.2 Å². The van der Waals surface area contributed by atoms with Crippen molar-refractivity contribution in [2.75, 3.05) is 26.4 Å². The van der Waals surface area contributed by atoms with Gasteiger partial charge in [-0.2, -0.15) is 0 Å². The van der Waals surface area contributed by atoms with Crippen molar-refractivity contribution in [2.45, 2.75) is 38.9 Å². The Hall–Kier alpha value is -4.86. The molecule has 0 saturated carbocycles. The lowest BCUT2D eigenvalue weighted by Gasteiger charge is -2.28. The van der Waals surface area contributed by atoms with E-state index in [2.05, 4.69) is 13.2 Å². The zero-order valence-electron chi connectivity index (χ0n) is 25.0. The zero-order chi connectivity index (χ0) is 31.9. The van der Waals surface area contributed by atoms with Gasteiger partial charge in [-0.3, -0.25) is 9.59 Å². The Balaban J connectivity index is 1.69. The Morgan fingerprint density at radius 3 is 1.61 bits per heavy atom. The van der Waals surface area contributed by atoms with Gasteiger partial charge in [0.05, 0.1) is 11.8 Å². The van der Waals surface area contributed by atoms with E-state index in [4.69, 9.17) is 28.4 Å². The molecule has 10 heteroatoms. The van der Waals surface area contributed by atoms with Gasteiger partial charge < -0.3 is 28.4 Å². The van der Waals surface area contributed by atoms with Crippen LogP contribution in [0.3, 0.4) is 0 Å². The predicted octanol–water partition coefficient (Wildman–Crippen LogP) is 4.79. The molecule has 0 saturated heterocycles. The molecular formula is C34H38O10. The highest BCUT2D eigenvalue weighted by Crippen LogP contribution is 2.28. The van der Waals surface area contributed by atoms with Gasteiger partial charge in [0.2, 0.25) is 0 Å². The Morgan fingerprint density at radius 2 is 1.16 bits per heavy atom. The Kier molecular flexibility index (Phi) is 13.2. The first kappa shape index (κ1) is 33.6. The summed E-state index contributed by atoms with van der Waals surface area (Å²) in [5, 5.41) is 0. The third kappa shape index (κ3) is 11.1. The van der Waals surface area contributed by atoms with E-state index in [-0.39, 0.29) is 37.6 Å². The standard InChI is InChI=1S/C34H38O10/c1-23(2)31(35)41-21-27(19-39-25-13-7-5-8-14-25)43-33(37)29-17-11-12-18-30(29)34(38)44-28(22-42-32(36)24(3)4)20-40-26-15-9-6-10-16-26/h5-11,13-17,27-30H,1,3,12,18-22H2,2,4H3. The molecule has 0 amide bonds. The molecule has 3 rings (SSSR count). The Morgan fingerprint density at radius 1 is 0.705 bits per heavy atom. The molecule has 234 valence electrons. The van der Waals surface area contributed by atoms with E-state index < -0.39 is 47.9 Å². The number of hydrogen-bond acceptors (Lipinski definition) is 10. The molecule has 44 heavy (non-hydrogen) atoms. The van der Waals surface area contributed by atoms with Crippen LogP contribution in [0.25, 0.3) is 0 Å². The third-order valence-electron chi connectivity index (χ3n) is 6.42. The van der Waals surface area contributed by atoms with Crippen LogP contribution in [0.15, 0.2) is 97.1 Å². The van der Waals surface area contributed by atoms with Crippen LogP contribution in [0.1, 0.15) is 26.7 Å². The van der Waals surface area contributed by atoms with Gasteiger partial charge in [0.1, 0.15) is 37.9 Å². The minimum absolute atomic E-state index is 0.0934. The molecule has 2 aromatic carbocycles. The monoisotopic (exact) mass is 606 g/mol. The second-order valence-electron chi connectivity index (χ2n) is 10.3. The number of allylic oxidation sites excluding steroid dienone is 1. The highest BCUT2D eigenvalue weighted by Gasteiger charge is 2.38. The van der Waals surface area contributed by atoms with Gasteiger partial charge in [0, 0.05) is 11.1 Å². The largest absolute Gasteiger partial charge is 0.490 e. The molecule has 0 spiro atoms. The van der Waals surface area contributed by atoms with Crippen LogP contribution in [0, 0.1) is 11.8 Å². The van der Waals surface area contributed by atoms with E-state index in [0.717, 1.165) is 0 Å².